The summed E-state index contributed by atoms with van der Waals surface area (Å²) in [5, 5.41) is 11.8. The monoisotopic (exact) mass is 276 g/mol. The van der Waals surface area contributed by atoms with Crippen LogP contribution in [0.1, 0.15) is 16.8 Å². The van der Waals surface area contributed by atoms with E-state index in [0.29, 0.717) is 17.8 Å². The lowest BCUT2D eigenvalue weighted by Gasteiger charge is -2.23. The number of H-pyrrole nitrogens is 1. The van der Waals surface area contributed by atoms with Crippen LogP contribution in [0.3, 0.4) is 0 Å². The van der Waals surface area contributed by atoms with Crippen molar-refractivity contribution in [2.75, 3.05) is 13.2 Å². The number of carbonyl (C=O) groups is 2. The molecule has 3 N–H and O–H groups in total. The molecule has 1 saturated heterocycles. The van der Waals surface area contributed by atoms with Crippen LogP contribution in [0.4, 0.5) is 0 Å². The molecule has 1 aliphatic rings. The van der Waals surface area contributed by atoms with Gasteiger partial charge in [0.05, 0.1) is 24.0 Å². The van der Waals surface area contributed by atoms with Crippen molar-refractivity contribution in [1.82, 2.24) is 20.3 Å². The van der Waals surface area contributed by atoms with Crippen LogP contribution in [0, 0.1) is 0 Å². The highest BCUT2D eigenvalue weighted by atomic mass is 16.5. The molecular formula is C12H12N4O4. The maximum atomic E-state index is 12.2. The molecule has 0 radical (unpaired) electrons. The first-order valence-electron chi connectivity index (χ1n) is 6.03. The van der Waals surface area contributed by atoms with Gasteiger partial charge in [-0.25, -0.2) is 14.8 Å². The van der Waals surface area contributed by atoms with Crippen LogP contribution in [-0.4, -0.2) is 50.7 Å². The second-order valence-corrected chi connectivity index (χ2v) is 4.64. The number of carbonyl (C=O) groups excluding carboxylic acids is 1. The summed E-state index contributed by atoms with van der Waals surface area (Å²) in [6.45, 7) is 0.276. The standard InChI is InChI=1S/C12H12N4O4/c17-10(16-12(11(18)19)1-2-20-5-12)7-3-8-9(13-4-7)15-6-14-8/h3-4,6H,1-2,5H2,(H,16,17)(H,18,19)(H,13,14,15). The summed E-state index contributed by atoms with van der Waals surface area (Å²) in [6, 6.07) is 1.58. The molecule has 0 aliphatic carbocycles. The van der Waals surface area contributed by atoms with Gasteiger partial charge in [0.25, 0.3) is 5.91 Å². The fraction of sp³-hybridized carbons (Fsp3) is 0.333. The number of carboxylic acids is 1. The molecule has 8 heteroatoms. The Kier molecular flexibility index (Phi) is 2.87. The molecule has 3 heterocycles. The molecule has 2 aromatic heterocycles. The minimum atomic E-state index is -1.36. The zero-order valence-electron chi connectivity index (χ0n) is 10.4. The van der Waals surface area contributed by atoms with Gasteiger partial charge >= 0.3 is 5.97 Å². The Morgan fingerprint density at radius 3 is 3.00 bits per heavy atom. The molecule has 0 bridgehead atoms. The number of hydrogen-bond acceptors (Lipinski definition) is 5. The van der Waals surface area contributed by atoms with Gasteiger partial charge in [-0.1, -0.05) is 0 Å². The lowest BCUT2D eigenvalue weighted by molar-refractivity contribution is -0.144. The number of imidazole rings is 1. The van der Waals surface area contributed by atoms with E-state index in [9.17, 15) is 14.7 Å². The average molecular weight is 276 g/mol. The first kappa shape index (κ1) is 12.5. The third kappa shape index (κ3) is 1.99. The molecule has 1 unspecified atom stereocenters. The molecular weight excluding hydrogens is 264 g/mol. The number of carboxylic acid groups (broad SMARTS) is 1. The van der Waals surface area contributed by atoms with Gasteiger partial charge in [-0.3, -0.25) is 4.79 Å². The molecule has 2 aromatic rings. The van der Waals surface area contributed by atoms with Crippen LogP contribution >= 0.6 is 0 Å². The van der Waals surface area contributed by atoms with E-state index >= 15 is 0 Å². The molecule has 104 valence electrons. The molecule has 0 aromatic carbocycles. The largest absolute Gasteiger partial charge is 0.479 e. The van der Waals surface area contributed by atoms with Gasteiger partial charge < -0.3 is 20.1 Å². The van der Waals surface area contributed by atoms with Crippen LogP contribution in [0.5, 0.6) is 0 Å². The van der Waals surface area contributed by atoms with E-state index < -0.39 is 17.4 Å². The molecule has 1 fully saturated rings. The highest BCUT2D eigenvalue weighted by molar-refractivity contribution is 5.99. The Bertz CT molecular complexity index is 675. The predicted octanol–water partition coefficient (Wildman–Crippen LogP) is -0.0686. The van der Waals surface area contributed by atoms with Crippen LogP contribution < -0.4 is 5.32 Å². The van der Waals surface area contributed by atoms with Crippen molar-refractivity contribution in [3.05, 3.63) is 24.2 Å². The number of amides is 1. The number of ether oxygens (including phenoxy) is 1. The van der Waals surface area contributed by atoms with Crippen molar-refractivity contribution < 1.29 is 19.4 Å². The summed E-state index contributed by atoms with van der Waals surface area (Å²) in [4.78, 5) is 34.3. The van der Waals surface area contributed by atoms with Crippen molar-refractivity contribution in [2.24, 2.45) is 0 Å². The summed E-state index contributed by atoms with van der Waals surface area (Å²) >= 11 is 0. The van der Waals surface area contributed by atoms with Crippen molar-refractivity contribution >= 4 is 23.0 Å². The van der Waals surface area contributed by atoms with E-state index in [2.05, 4.69) is 20.3 Å². The Morgan fingerprint density at radius 2 is 2.30 bits per heavy atom. The van der Waals surface area contributed by atoms with E-state index in [1.54, 1.807) is 6.07 Å². The number of nitrogens with zero attached hydrogens (tertiary/aromatic N) is 2. The Morgan fingerprint density at radius 1 is 1.45 bits per heavy atom. The Labute approximate surface area is 113 Å². The van der Waals surface area contributed by atoms with Gasteiger partial charge in [-0.05, 0) is 6.07 Å². The van der Waals surface area contributed by atoms with Gasteiger partial charge in [-0.2, -0.15) is 0 Å². The number of pyridine rings is 1. The summed E-state index contributed by atoms with van der Waals surface area (Å²) in [6.07, 6.45) is 3.08. The maximum absolute atomic E-state index is 12.2. The third-order valence-electron chi connectivity index (χ3n) is 3.32. The first-order chi connectivity index (χ1) is 9.61. The maximum Gasteiger partial charge on any atom is 0.331 e. The fourth-order valence-electron chi connectivity index (χ4n) is 2.13. The second kappa shape index (κ2) is 4.57. The molecule has 20 heavy (non-hydrogen) atoms. The van der Waals surface area contributed by atoms with Crippen molar-refractivity contribution in [3.8, 4) is 0 Å². The smallest absolute Gasteiger partial charge is 0.331 e. The van der Waals surface area contributed by atoms with E-state index in [0.717, 1.165) is 0 Å². The number of nitrogens with one attached hydrogen (secondary N) is 2. The normalized spacial score (nSPS) is 22.0. The molecule has 3 rings (SSSR count). The van der Waals surface area contributed by atoms with Crippen molar-refractivity contribution in [1.29, 1.82) is 0 Å². The molecule has 1 amide bonds. The van der Waals surface area contributed by atoms with Crippen LogP contribution in [0.25, 0.3) is 11.2 Å². The molecule has 0 spiro atoms. The highest BCUT2D eigenvalue weighted by Crippen LogP contribution is 2.20. The number of aliphatic carboxylic acids is 1. The Balaban J connectivity index is 1.86. The summed E-state index contributed by atoms with van der Waals surface area (Å²) in [7, 11) is 0. The summed E-state index contributed by atoms with van der Waals surface area (Å²) in [5.41, 5.74) is 0.0256. The molecule has 1 aliphatic heterocycles. The molecule has 1 atom stereocenters. The quantitative estimate of drug-likeness (QED) is 0.722. The molecule has 8 nitrogen and oxygen atoms in total. The van der Waals surface area contributed by atoms with E-state index in [1.807, 2.05) is 0 Å². The van der Waals surface area contributed by atoms with E-state index in [4.69, 9.17) is 4.74 Å². The number of rotatable bonds is 3. The van der Waals surface area contributed by atoms with Crippen LogP contribution in [0.2, 0.25) is 0 Å². The second-order valence-electron chi connectivity index (χ2n) is 4.64. The summed E-state index contributed by atoms with van der Waals surface area (Å²) in [5.74, 6) is -1.60. The van der Waals surface area contributed by atoms with E-state index in [1.165, 1.54) is 12.5 Å². The van der Waals surface area contributed by atoms with E-state index in [-0.39, 0.29) is 18.6 Å². The van der Waals surface area contributed by atoms with Crippen molar-refractivity contribution in [3.63, 3.8) is 0 Å². The first-order valence-corrected chi connectivity index (χ1v) is 6.03. The zero-order valence-corrected chi connectivity index (χ0v) is 10.4. The fourth-order valence-corrected chi connectivity index (χ4v) is 2.13. The SMILES string of the molecule is O=C(NC1(C(=O)O)CCOC1)c1cnc2nc[nH]c2c1. The number of hydrogen-bond donors (Lipinski definition) is 3. The highest BCUT2D eigenvalue weighted by Gasteiger charge is 2.44. The number of fused-ring (bicyclic) bond motifs is 1. The topological polar surface area (TPSA) is 117 Å². The minimum Gasteiger partial charge on any atom is -0.479 e. The predicted molar refractivity (Wildman–Crippen MR) is 67.2 cm³/mol. The van der Waals surface area contributed by atoms with Gasteiger partial charge in [0.2, 0.25) is 0 Å². The van der Waals surface area contributed by atoms with Gasteiger partial charge in [0, 0.05) is 19.2 Å². The Hall–Kier alpha value is -2.48. The zero-order chi connectivity index (χ0) is 14.2. The lowest BCUT2D eigenvalue weighted by atomic mass is 9.98. The van der Waals surface area contributed by atoms with Gasteiger partial charge in [0.15, 0.2) is 11.2 Å². The third-order valence-corrected chi connectivity index (χ3v) is 3.32. The minimum absolute atomic E-state index is 0.0339. The van der Waals surface area contributed by atoms with Crippen LogP contribution in [0.15, 0.2) is 18.6 Å². The summed E-state index contributed by atoms with van der Waals surface area (Å²) < 4.78 is 5.09. The van der Waals surface area contributed by atoms with Gasteiger partial charge in [-0.15, -0.1) is 0 Å². The average Bonchev–Trinajstić information content (AvgIpc) is 3.06. The van der Waals surface area contributed by atoms with Crippen LogP contribution in [-0.2, 0) is 9.53 Å². The molecule has 0 saturated carbocycles. The number of aromatic nitrogens is 3. The lowest BCUT2D eigenvalue weighted by Crippen LogP contribution is -2.55. The van der Waals surface area contributed by atoms with Crippen molar-refractivity contribution in [2.45, 2.75) is 12.0 Å². The number of aromatic amines is 1. The van der Waals surface area contributed by atoms with Gasteiger partial charge in [0.1, 0.15) is 0 Å².